The predicted molar refractivity (Wildman–Crippen MR) is 75.1 cm³/mol. The summed E-state index contributed by atoms with van der Waals surface area (Å²) >= 11 is 0. The van der Waals surface area contributed by atoms with E-state index < -0.39 is 0 Å². The van der Waals surface area contributed by atoms with Gasteiger partial charge in [0.25, 0.3) is 0 Å². The molecule has 2 aliphatic rings. The minimum atomic E-state index is 0.159. The molecule has 0 aromatic carbocycles. The molecule has 0 spiro atoms. The summed E-state index contributed by atoms with van der Waals surface area (Å²) in [6.07, 6.45) is 2.26. The van der Waals surface area contributed by atoms with Crippen molar-refractivity contribution in [2.75, 3.05) is 59.0 Å². The molecule has 2 rings (SSSR count). The van der Waals surface area contributed by atoms with Crippen LogP contribution in [0, 0.1) is 5.92 Å². The van der Waals surface area contributed by atoms with E-state index >= 15 is 0 Å². The van der Waals surface area contributed by atoms with Crippen molar-refractivity contribution < 1.29 is 9.53 Å². The van der Waals surface area contributed by atoms with E-state index in [2.05, 4.69) is 17.1 Å². The second kappa shape index (κ2) is 7.82. The number of ether oxygens (including phenoxy) is 1. The van der Waals surface area contributed by atoms with Crippen LogP contribution in [0.25, 0.3) is 0 Å². The Kier molecular flexibility index (Phi) is 6.07. The highest BCUT2D eigenvalue weighted by Gasteiger charge is 2.20. The van der Waals surface area contributed by atoms with Crippen LogP contribution < -0.4 is 5.32 Å². The molecule has 110 valence electrons. The van der Waals surface area contributed by atoms with E-state index in [1.807, 2.05) is 4.90 Å². The summed E-state index contributed by atoms with van der Waals surface area (Å²) in [6.45, 7) is 10.2. The second-order valence-corrected chi connectivity index (χ2v) is 5.71. The fourth-order valence-electron chi connectivity index (χ4n) is 2.64. The topological polar surface area (TPSA) is 44.8 Å². The lowest BCUT2D eigenvalue weighted by Crippen LogP contribution is -2.45. The van der Waals surface area contributed by atoms with Crippen LogP contribution in [-0.2, 0) is 9.53 Å². The molecular formula is C14H27N3O2. The summed E-state index contributed by atoms with van der Waals surface area (Å²) in [4.78, 5) is 16.3. The Hall–Kier alpha value is -0.650. The third-order valence-corrected chi connectivity index (χ3v) is 4.12. The predicted octanol–water partition coefficient (Wildman–Crippen LogP) is 0.167. The van der Waals surface area contributed by atoms with Crippen LogP contribution in [0.3, 0.4) is 0 Å². The SMILES string of the molecule is CC1CCN(C(=O)COCCN2CCNCC2)CC1. The van der Waals surface area contributed by atoms with Crippen molar-refractivity contribution in [3.63, 3.8) is 0 Å². The number of carbonyl (C=O) groups is 1. The summed E-state index contributed by atoms with van der Waals surface area (Å²) in [5.74, 6) is 0.921. The molecule has 0 aliphatic carbocycles. The molecule has 2 fully saturated rings. The third-order valence-electron chi connectivity index (χ3n) is 4.12. The van der Waals surface area contributed by atoms with Gasteiger partial charge in [0.1, 0.15) is 6.61 Å². The second-order valence-electron chi connectivity index (χ2n) is 5.71. The monoisotopic (exact) mass is 269 g/mol. The van der Waals surface area contributed by atoms with E-state index in [1.54, 1.807) is 0 Å². The van der Waals surface area contributed by atoms with Crippen LogP contribution >= 0.6 is 0 Å². The molecule has 2 saturated heterocycles. The van der Waals surface area contributed by atoms with Crippen molar-refractivity contribution >= 4 is 5.91 Å². The highest BCUT2D eigenvalue weighted by molar-refractivity contribution is 5.77. The number of piperidine rings is 1. The van der Waals surface area contributed by atoms with Gasteiger partial charge in [0.2, 0.25) is 5.91 Å². The Morgan fingerprint density at radius 1 is 1.21 bits per heavy atom. The Bertz CT molecular complexity index is 272. The minimum Gasteiger partial charge on any atom is -0.370 e. The molecule has 5 heteroatoms. The molecule has 2 aliphatic heterocycles. The van der Waals surface area contributed by atoms with E-state index in [1.165, 1.54) is 0 Å². The van der Waals surface area contributed by atoms with Gasteiger partial charge in [-0.05, 0) is 18.8 Å². The zero-order valence-corrected chi connectivity index (χ0v) is 12.1. The van der Waals surface area contributed by atoms with Gasteiger partial charge in [-0.15, -0.1) is 0 Å². The summed E-state index contributed by atoms with van der Waals surface area (Å²) in [5.41, 5.74) is 0. The first kappa shape index (κ1) is 14.8. The van der Waals surface area contributed by atoms with Crippen LogP contribution in [0.2, 0.25) is 0 Å². The average molecular weight is 269 g/mol. The first-order valence-electron chi connectivity index (χ1n) is 7.54. The van der Waals surface area contributed by atoms with E-state index in [-0.39, 0.29) is 12.5 Å². The van der Waals surface area contributed by atoms with Gasteiger partial charge < -0.3 is 15.0 Å². The Morgan fingerprint density at radius 2 is 1.89 bits per heavy atom. The van der Waals surface area contributed by atoms with Crippen molar-refractivity contribution in [2.45, 2.75) is 19.8 Å². The number of hydrogen-bond donors (Lipinski definition) is 1. The normalized spacial score (nSPS) is 22.7. The van der Waals surface area contributed by atoms with E-state index in [0.29, 0.717) is 6.61 Å². The summed E-state index contributed by atoms with van der Waals surface area (Å²) in [5, 5.41) is 3.33. The van der Waals surface area contributed by atoms with E-state index in [9.17, 15) is 4.79 Å². The molecule has 1 N–H and O–H groups in total. The van der Waals surface area contributed by atoms with Crippen molar-refractivity contribution in [1.29, 1.82) is 0 Å². The first-order chi connectivity index (χ1) is 9.25. The summed E-state index contributed by atoms with van der Waals surface area (Å²) in [6, 6.07) is 0. The third kappa shape index (κ3) is 5.09. The zero-order valence-electron chi connectivity index (χ0n) is 12.1. The number of nitrogens with one attached hydrogen (secondary N) is 1. The number of nitrogens with zero attached hydrogens (tertiary/aromatic N) is 2. The highest BCUT2D eigenvalue weighted by atomic mass is 16.5. The molecular weight excluding hydrogens is 242 g/mol. The van der Waals surface area contributed by atoms with E-state index in [4.69, 9.17) is 4.74 Å². The zero-order chi connectivity index (χ0) is 13.5. The number of likely N-dealkylation sites (tertiary alicyclic amines) is 1. The van der Waals surface area contributed by atoms with Crippen molar-refractivity contribution in [3.8, 4) is 0 Å². The lowest BCUT2D eigenvalue weighted by atomic mass is 9.99. The number of rotatable bonds is 5. The van der Waals surface area contributed by atoms with Gasteiger partial charge in [0.05, 0.1) is 6.61 Å². The Balaban J connectivity index is 1.53. The quantitative estimate of drug-likeness (QED) is 0.723. The van der Waals surface area contributed by atoms with Crippen LogP contribution in [0.15, 0.2) is 0 Å². The highest BCUT2D eigenvalue weighted by Crippen LogP contribution is 2.15. The van der Waals surface area contributed by atoms with Gasteiger partial charge >= 0.3 is 0 Å². The molecule has 5 nitrogen and oxygen atoms in total. The van der Waals surface area contributed by atoms with Crippen LogP contribution in [0.4, 0.5) is 0 Å². The van der Waals surface area contributed by atoms with Gasteiger partial charge in [0, 0.05) is 45.8 Å². The maximum Gasteiger partial charge on any atom is 0.248 e. The van der Waals surface area contributed by atoms with Gasteiger partial charge in [0.15, 0.2) is 0 Å². The maximum atomic E-state index is 11.9. The number of hydrogen-bond acceptors (Lipinski definition) is 4. The smallest absolute Gasteiger partial charge is 0.248 e. The largest absolute Gasteiger partial charge is 0.370 e. The standard InChI is InChI=1S/C14H27N3O2/c1-13-2-6-17(7-3-13)14(18)12-19-11-10-16-8-4-15-5-9-16/h13,15H,2-12H2,1H3. The van der Waals surface area contributed by atoms with Crippen LogP contribution in [0.5, 0.6) is 0 Å². The molecule has 0 unspecified atom stereocenters. The number of amides is 1. The minimum absolute atomic E-state index is 0.159. The molecule has 0 aromatic rings. The number of piperazine rings is 1. The molecule has 0 bridgehead atoms. The molecule has 0 radical (unpaired) electrons. The van der Waals surface area contributed by atoms with Gasteiger partial charge in [-0.1, -0.05) is 6.92 Å². The summed E-state index contributed by atoms with van der Waals surface area (Å²) < 4.78 is 5.52. The van der Waals surface area contributed by atoms with Crippen molar-refractivity contribution in [2.24, 2.45) is 5.92 Å². The van der Waals surface area contributed by atoms with Crippen molar-refractivity contribution in [1.82, 2.24) is 15.1 Å². The fourth-order valence-corrected chi connectivity index (χ4v) is 2.64. The molecule has 0 saturated carbocycles. The molecule has 0 atom stereocenters. The first-order valence-corrected chi connectivity index (χ1v) is 7.54. The lowest BCUT2D eigenvalue weighted by Gasteiger charge is -2.30. The van der Waals surface area contributed by atoms with Crippen LogP contribution in [-0.4, -0.2) is 74.7 Å². The lowest BCUT2D eigenvalue weighted by molar-refractivity contribution is -0.137. The van der Waals surface area contributed by atoms with Gasteiger partial charge in [-0.3, -0.25) is 9.69 Å². The van der Waals surface area contributed by atoms with Crippen LogP contribution in [0.1, 0.15) is 19.8 Å². The summed E-state index contributed by atoms with van der Waals surface area (Å²) in [7, 11) is 0. The van der Waals surface area contributed by atoms with E-state index in [0.717, 1.165) is 64.6 Å². The van der Waals surface area contributed by atoms with Gasteiger partial charge in [-0.25, -0.2) is 0 Å². The number of carbonyl (C=O) groups excluding carboxylic acids is 1. The fraction of sp³-hybridized carbons (Fsp3) is 0.929. The molecule has 0 aromatic heterocycles. The molecule has 2 heterocycles. The maximum absolute atomic E-state index is 11.9. The Morgan fingerprint density at radius 3 is 2.58 bits per heavy atom. The van der Waals surface area contributed by atoms with Crippen molar-refractivity contribution in [3.05, 3.63) is 0 Å². The molecule has 1 amide bonds. The average Bonchev–Trinajstić information content (AvgIpc) is 2.45. The Labute approximate surface area is 116 Å². The molecule has 19 heavy (non-hydrogen) atoms. The van der Waals surface area contributed by atoms with Gasteiger partial charge in [-0.2, -0.15) is 0 Å².